The van der Waals surface area contributed by atoms with E-state index < -0.39 is 11.7 Å². The fourth-order valence-electron chi connectivity index (χ4n) is 6.85. The van der Waals surface area contributed by atoms with E-state index >= 15 is 0 Å². The molecule has 0 saturated carbocycles. The molecule has 2 aliphatic rings. The molecule has 228 valence electrons. The zero-order chi connectivity index (χ0) is 29.6. The summed E-state index contributed by atoms with van der Waals surface area (Å²) in [6, 6.07) is 8.21. The SMILES string of the molecule is CN[C@H]1C[C@@H](C)O[C@@H](OC2C(C)(C)CCCNCCCCOC(=O)C(C)(C)CC2(C)C)[C@@H]1Oc1ccc(C)cc1. The lowest BCUT2D eigenvalue weighted by molar-refractivity contribution is -0.285. The van der Waals surface area contributed by atoms with Gasteiger partial charge in [-0.2, -0.15) is 0 Å². The fraction of sp³-hybridized carbons (Fsp3) is 0.788. The van der Waals surface area contributed by atoms with Crippen molar-refractivity contribution < 1.29 is 23.7 Å². The Kier molecular flexibility index (Phi) is 11.5. The standard InChI is InChI=1S/C33H56N2O5/c1-23-13-15-25(16-14-23)39-27-26(34-9)21-24(2)38-28(27)40-29-31(3,4)17-12-19-35-18-10-11-20-37-30(36)33(7,8)22-32(29,5)6/h13-16,24,26-29,34-35H,10-12,17-22H2,1-9H3/t24-,26+,27-,28+,29?/m1/s1. The molecule has 2 aliphatic heterocycles. The maximum atomic E-state index is 13.2. The molecule has 0 aliphatic carbocycles. The molecule has 2 fully saturated rings. The van der Waals surface area contributed by atoms with Crippen molar-refractivity contribution in [2.24, 2.45) is 16.2 Å². The van der Waals surface area contributed by atoms with Crippen molar-refractivity contribution in [3.63, 3.8) is 0 Å². The summed E-state index contributed by atoms with van der Waals surface area (Å²) in [5.74, 6) is 0.663. The summed E-state index contributed by atoms with van der Waals surface area (Å²) in [7, 11) is 1.98. The van der Waals surface area contributed by atoms with E-state index in [0.717, 1.165) is 50.9 Å². The minimum atomic E-state index is -0.647. The second kappa shape index (κ2) is 14.0. The van der Waals surface area contributed by atoms with Gasteiger partial charge in [0.15, 0.2) is 12.4 Å². The highest BCUT2D eigenvalue weighted by Gasteiger charge is 2.50. The first-order chi connectivity index (χ1) is 18.7. The number of benzene rings is 1. The molecule has 2 N–H and O–H groups in total. The van der Waals surface area contributed by atoms with Gasteiger partial charge < -0.3 is 29.6 Å². The van der Waals surface area contributed by atoms with Gasteiger partial charge in [0.25, 0.3) is 0 Å². The van der Waals surface area contributed by atoms with E-state index in [9.17, 15) is 4.79 Å². The fourth-order valence-corrected chi connectivity index (χ4v) is 6.85. The summed E-state index contributed by atoms with van der Waals surface area (Å²) in [4.78, 5) is 13.2. The van der Waals surface area contributed by atoms with Crippen molar-refractivity contribution in [2.75, 3.05) is 26.7 Å². The van der Waals surface area contributed by atoms with Gasteiger partial charge in [-0.05, 0) is 109 Å². The zero-order valence-electron chi connectivity index (χ0n) is 26.6. The number of hydrogen-bond donors (Lipinski definition) is 2. The van der Waals surface area contributed by atoms with Crippen LogP contribution < -0.4 is 15.4 Å². The molecule has 0 aromatic heterocycles. The third-order valence-corrected chi connectivity index (χ3v) is 8.58. The van der Waals surface area contributed by atoms with E-state index in [2.05, 4.69) is 64.3 Å². The highest BCUT2D eigenvalue weighted by Crippen LogP contribution is 2.47. The molecule has 1 aromatic carbocycles. The van der Waals surface area contributed by atoms with Crippen LogP contribution in [0.1, 0.15) is 92.6 Å². The molecule has 1 aromatic rings. The Morgan fingerprint density at radius 3 is 2.33 bits per heavy atom. The molecule has 3 rings (SSSR count). The Morgan fingerprint density at radius 1 is 0.975 bits per heavy atom. The molecule has 0 spiro atoms. The minimum absolute atomic E-state index is 0.0180. The second-order valence-electron chi connectivity index (χ2n) is 14.1. The Hall–Kier alpha value is -1.67. The Labute approximate surface area is 243 Å². The zero-order valence-corrected chi connectivity index (χ0v) is 26.6. The van der Waals surface area contributed by atoms with Crippen LogP contribution in [0.25, 0.3) is 0 Å². The number of likely N-dealkylation sites (N-methyl/N-ethyl adjacent to an activating group) is 1. The van der Waals surface area contributed by atoms with Crippen molar-refractivity contribution in [2.45, 2.75) is 125 Å². The highest BCUT2D eigenvalue weighted by atomic mass is 16.7. The number of nitrogens with one attached hydrogen (secondary N) is 2. The predicted octanol–water partition coefficient (Wildman–Crippen LogP) is 6.03. The molecule has 0 bridgehead atoms. The number of carbonyl (C=O) groups excluding carboxylic acids is 1. The van der Waals surface area contributed by atoms with Crippen LogP contribution in [-0.2, 0) is 19.0 Å². The predicted molar refractivity (Wildman–Crippen MR) is 161 cm³/mol. The molecule has 5 atom stereocenters. The number of carbonyl (C=O) groups is 1. The van der Waals surface area contributed by atoms with Gasteiger partial charge in [0, 0.05) is 0 Å². The van der Waals surface area contributed by atoms with Crippen LogP contribution in [-0.4, -0.2) is 63.4 Å². The first-order valence-electron chi connectivity index (χ1n) is 15.3. The average Bonchev–Trinajstić information content (AvgIpc) is 2.87. The number of ether oxygens (including phenoxy) is 4. The van der Waals surface area contributed by atoms with Crippen molar-refractivity contribution in [1.29, 1.82) is 0 Å². The largest absolute Gasteiger partial charge is 0.483 e. The quantitative estimate of drug-likeness (QED) is 0.426. The normalized spacial score (nSPS) is 31.8. The molecule has 7 heteroatoms. The maximum absolute atomic E-state index is 13.2. The van der Waals surface area contributed by atoms with Crippen molar-refractivity contribution in [3.8, 4) is 5.75 Å². The lowest BCUT2D eigenvalue weighted by atomic mass is 9.64. The van der Waals surface area contributed by atoms with E-state index in [1.54, 1.807) is 0 Å². The Balaban J connectivity index is 1.95. The number of hydrogen-bond acceptors (Lipinski definition) is 7. The van der Waals surface area contributed by atoms with E-state index in [1.807, 2.05) is 33.0 Å². The first-order valence-corrected chi connectivity index (χ1v) is 15.3. The van der Waals surface area contributed by atoms with Crippen molar-refractivity contribution >= 4 is 5.97 Å². The summed E-state index contributed by atoms with van der Waals surface area (Å²) in [6.07, 6.45) is 4.29. The summed E-state index contributed by atoms with van der Waals surface area (Å²) >= 11 is 0. The molecule has 2 saturated heterocycles. The van der Waals surface area contributed by atoms with Crippen molar-refractivity contribution in [3.05, 3.63) is 29.8 Å². The Bertz CT molecular complexity index is 929. The smallest absolute Gasteiger partial charge is 0.311 e. The van der Waals surface area contributed by atoms with Crippen LogP contribution in [0.5, 0.6) is 5.75 Å². The van der Waals surface area contributed by atoms with Crippen LogP contribution in [0.15, 0.2) is 24.3 Å². The summed E-state index contributed by atoms with van der Waals surface area (Å²) in [6.45, 7) is 19.6. The third kappa shape index (κ3) is 8.91. The van der Waals surface area contributed by atoms with Gasteiger partial charge in [0.1, 0.15) is 5.75 Å². The van der Waals surface area contributed by atoms with Gasteiger partial charge in [0.2, 0.25) is 0 Å². The second-order valence-corrected chi connectivity index (χ2v) is 14.1. The van der Waals surface area contributed by atoms with E-state index in [4.69, 9.17) is 18.9 Å². The van der Waals surface area contributed by atoms with Crippen LogP contribution in [0, 0.1) is 23.2 Å². The van der Waals surface area contributed by atoms with Crippen LogP contribution in [0.3, 0.4) is 0 Å². The van der Waals surface area contributed by atoms with Gasteiger partial charge in [0.05, 0.1) is 30.3 Å². The number of aryl methyl sites for hydroxylation is 1. The molecule has 0 radical (unpaired) electrons. The molecular formula is C33H56N2O5. The van der Waals surface area contributed by atoms with Gasteiger partial charge >= 0.3 is 5.97 Å². The summed E-state index contributed by atoms with van der Waals surface area (Å²) in [5.41, 5.74) is 0.00559. The molecule has 0 amide bonds. The average molecular weight is 561 g/mol. The number of esters is 1. The van der Waals surface area contributed by atoms with Crippen LogP contribution >= 0.6 is 0 Å². The van der Waals surface area contributed by atoms with Gasteiger partial charge in [-0.15, -0.1) is 0 Å². The van der Waals surface area contributed by atoms with Gasteiger partial charge in [-0.1, -0.05) is 45.4 Å². The summed E-state index contributed by atoms with van der Waals surface area (Å²) < 4.78 is 26.0. The summed E-state index contributed by atoms with van der Waals surface area (Å²) in [5, 5.41) is 7.02. The monoisotopic (exact) mass is 560 g/mol. The van der Waals surface area contributed by atoms with Crippen LogP contribution in [0.2, 0.25) is 0 Å². The lowest BCUT2D eigenvalue weighted by Crippen LogP contribution is -2.59. The molecule has 7 nitrogen and oxygen atoms in total. The maximum Gasteiger partial charge on any atom is 0.311 e. The minimum Gasteiger partial charge on any atom is -0.483 e. The molecule has 40 heavy (non-hydrogen) atoms. The van der Waals surface area contributed by atoms with Gasteiger partial charge in [-0.25, -0.2) is 0 Å². The number of cyclic esters (lactones) is 1. The molecule has 1 unspecified atom stereocenters. The highest BCUT2D eigenvalue weighted by molar-refractivity contribution is 5.76. The first kappa shape index (κ1) is 32.8. The van der Waals surface area contributed by atoms with E-state index in [1.165, 1.54) is 5.56 Å². The topological polar surface area (TPSA) is 78.0 Å². The molecule has 2 heterocycles. The van der Waals surface area contributed by atoms with Crippen LogP contribution in [0.4, 0.5) is 0 Å². The Morgan fingerprint density at radius 2 is 1.65 bits per heavy atom. The van der Waals surface area contributed by atoms with Gasteiger partial charge in [-0.3, -0.25) is 4.79 Å². The van der Waals surface area contributed by atoms with E-state index in [0.29, 0.717) is 13.0 Å². The van der Waals surface area contributed by atoms with Crippen molar-refractivity contribution in [1.82, 2.24) is 10.6 Å². The number of rotatable bonds is 5. The molecular weight excluding hydrogens is 504 g/mol. The van der Waals surface area contributed by atoms with E-state index in [-0.39, 0.29) is 41.2 Å². The third-order valence-electron chi connectivity index (χ3n) is 8.58. The lowest BCUT2D eigenvalue weighted by Gasteiger charge is -2.50.